The predicted octanol–water partition coefficient (Wildman–Crippen LogP) is 24.1. The Hall–Kier alpha value is -2.71. The fourth-order valence-electron chi connectivity index (χ4n) is 6.51. The van der Waals surface area contributed by atoms with Crippen molar-refractivity contribution < 1.29 is 35.4 Å². The summed E-state index contributed by atoms with van der Waals surface area (Å²) in [5.74, 6) is 48.5. The standard InChI is InChI=1S/C86H154O8Si10/c1-79(2,3)97(31,32)87-63-71(73(65-89-99(35,36)81(7,8)9)55-49-51-57-75(67-91-101(39,40)83(13,14)15)77(59-61-95(25,26)27)69-93-103(43,44)85(19,20)21)53-47-48-54-72(64-88-98(33,34)80(4,5)6)74(66-90-100(37,38)82(10,11)12)56-50-52-58-76(68-92-102(41,42)84(16,17)18)78(60-62-96(28,29)30)70-94-104(45,46)86(22,23)24/h63-70H2,1-46H3/b73-71+,74-72+,77-75+,78-76+. The van der Waals surface area contributed by atoms with Gasteiger partial charge in [-0.25, -0.2) is 0 Å². The average molecular weight is 1600 g/mol. The van der Waals surface area contributed by atoms with E-state index in [1.807, 2.05) is 0 Å². The van der Waals surface area contributed by atoms with Crippen LogP contribution in [0.1, 0.15) is 166 Å². The first-order chi connectivity index (χ1) is 45.9. The van der Waals surface area contributed by atoms with E-state index in [4.69, 9.17) is 35.4 Å². The fourth-order valence-corrected chi connectivity index (χ4v) is 15.1. The van der Waals surface area contributed by atoms with Crippen molar-refractivity contribution in [3.05, 3.63) is 44.6 Å². The highest BCUT2D eigenvalue weighted by molar-refractivity contribution is 6.84. The molecule has 0 aliphatic heterocycles. The molecule has 0 N–H and O–H groups in total. The van der Waals surface area contributed by atoms with Gasteiger partial charge in [0, 0.05) is 44.6 Å². The van der Waals surface area contributed by atoms with Gasteiger partial charge in [-0.15, -0.1) is 11.1 Å². The SMILES string of the molecule is CC(C)(C)[Si](C)(C)OC/C(C#CC#C/C(CO[Si](C)(C)C(C)(C)C)=C(/C#CC#C/C(CO[Si](C)(C)C(C)(C)C)=C(/C#C[Si](C)(C)C)CO[Si](C)(C)C(C)(C)C)CO[Si](C)(C)C(C)(C)C)=C(\C#CC#C/C(CO[Si](C)(C)C(C)(C)C)=C(/C#C[Si](C)(C)C)CO[Si](C)(C)C(C)(C)C)CO[Si](C)(C)C(C)(C)C. The third-order valence-corrected chi connectivity index (χ3v) is 60.7. The Morgan fingerprint density at radius 3 is 0.356 bits per heavy atom. The molecule has 0 bridgehead atoms. The second-order valence-corrected chi connectivity index (χ2v) is 90.7. The summed E-state index contributed by atoms with van der Waals surface area (Å²) in [6, 6.07) is 0. The maximum atomic E-state index is 7.11. The molecule has 0 unspecified atom stereocenters. The monoisotopic (exact) mass is 1590 g/mol. The van der Waals surface area contributed by atoms with Gasteiger partial charge >= 0.3 is 0 Å². The van der Waals surface area contributed by atoms with Crippen molar-refractivity contribution in [2.75, 3.05) is 52.9 Å². The van der Waals surface area contributed by atoms with E-state index in [-0.39, 0.29) is 66.7 Å². The normalized spacial score (nSPS) is 14.9. The van der Waals surface area contributed by atoms with Gasteiger partial charge in [-0.05, 0) is 181 Å². The Labute approximate surface area is 655 Å². The summed E-state index contributed by atoms with van der Waals surface area (Å²) >= 11 is 0. The van der Waals surface area contributed by atoms with E-state index in [9.17, 15) is 0 Å². The van der Waals surface area contributed by atoms with Gasteiger partial charge in [-0.3, -0.25) is 0 Å². The van der Waals surface area contributed by atoms with Crippen molar-refractivity contribution in [2.45, 2.75) is 351 Å². The molecule has 0 aromatic carbocycles. The Balaban J connectivity index is 10.2. The predicted molar refractivity (Wildman–Crippen MR) is 482 cm³/mol. The lowest BCUT2D eigenvalue weighted by Crippen LogP contribution is -2.42. The van der Waals surface area contributed by atoms with Gasteiger partial charge < -0.3 is 35.4 Å². The van der Waals surface area contributed by atoms with Crippen molar-refractivity contribution >= 4 is 82.7 Å². The minimum absolute atomic E-state index is 0.000233. The van der Waals surface area contributed by atoms with E-state index in [0.717, 1.165) is 22.3 Å². The second-order valence-electron chi connectivity index (χ2n) is 42.7. The van der Waals surface area contributed by atoms with E-state index >= 15 is 0 Å². The molecule has 0 saturated heterocycles. The van der Waals surface area contributed by atoms with Crippen LogP contribution in [-0.4, -0.2) is 136 Å². The molecular formula is C86H154O8Si10. The summed E-state index contributed by atoms with van der Waals surface area (Å²) in [5.41, 5.74) is 13.4. The zero-order valence-corrected chi connectivity index (χ0v) is 85.9. The third-order valence-electron chi connectivity index (χ3n) is 23.2. The largest absolute Gasteiger partial charge is 0.412 e. The molecule has 0 aliphatic carbocycles. The van der Waals surface area contributed by atoms with Crippen molar-refractivity contribution in [1.29, 1.82) is 0 Å². The summed E-state index contributed by atoms with van der Waals surface area (Å²) in [6.07, 6.45) is 0. The molecule has 18 heteroatoms. The first-order valence-corrected chi connectivity index (χ1v) is 68.3. The van der Waals surface area contributed by atoms with E-state index in [1.54, 1.807) is 0 Å². The van der Waals surface area contributed by atoms with E-state index in [0.29, 0.717) is 48.7 Å². The quantitative estimate of drug-likeness (QED) is 0.0699. The molecule has 0 atom stereocenters. The summed E-state index contributed by atoms with van der Waals surface area (Å²) in [4.78, 5) is 0. The molecule has 586 valence electrons. The number of hydrogen-bond acceptors (Lipinski definition) is 8. The van der Waals surface area contributed by atoms with Crippen LogP contribution in [0.4, 0.5) is 0 Å². The van der Waals surface area contributed by atoms with Crippen molar-refractivity contribution in [1.82, 2.24) is 0 Å². The van der Waals surface area contributed by atoms with Crippen LogP contribution in [0.3, 0.4) is 0 Å². The Kier molecular flexibility index (Phi) is 37.0. The van der Waals surface area contributed by atoms with Gasteiger partial charge in [0.25, 0.3) is 0 Å². The van der Waals surface area contributed by atoms with Crippen LogP contribution in [0.25, 0.3) is 0 Å². The van der Waals surface area contributed by atoms with Crippen LogP contribution < -0.4 is 0 Å². The van der Waals surface area contributed by atoms with Crippen molar-refractivity contribution in [3.8, 4) is 94.0 Å². The summed E-state index contributed by atoms with van der Waals surface area (Å²) in [5, 5.41) is -0.378. The van der Waals surface area contributed by atoms with Crippen LogP contribution in [0.5, 0.6) is 0 Å². The second kappa shape index (κ2) is 38.0. The van der Waals surface area contributed by atoms with Gasteiger partial charge in [-0.2, -0.15) is 0 Å². The van der Waals surface area contributed by atoms with Gasteiger partial charge in [0.2, 0.25) is 0 Å². The molecule has 0 heterocycles. The smallest absolute Gasteiger partial charge is 0.192 e. The minimum Gasteiger partial charge on any atom is -0.412 e. The Bertz CT molecular complexity index is 3370. The molecular weight excluding hydrogens is 1440 g/mol. The highest BCUT2D eigenvalue weighted by atomic mass is 28.4. The summed E-state index contributed by atoms with van der Waals surface area (Å²) < 4.78 is 56.3. The topological polar surface area (TPSA) is 73.8 Å². The molecule has 0 rings (SSSR count). The lowest BCUT2D eigenvalue weighted by molar-refractivity contribution is 0.308. The maximum absolute atomic E-state index is 7.11. The zero-order valence-electron chi connectivity index (χ0n) is 75.9. The summed E-state index contributed by atoms with van der Waals surface area (Å²) in [6.45, 7) is 106. The van der Waals surface area contributed by atoms with Gasteiger partial charge in [-0.1, -0.05) is 253 Å². The lowest BCUT2D eigenvalue weighted by atomic mass is 10.1. The van der Waals surface area contributed by atoms with Crippen molar-refractivity contribution in [2.24, 2.45) is 0 Å². The third kappa shape index (κ3) is 34.7. The maximum Gasteiger partial charge on any atom is 0.192 e. The van der Waals surface area contributed by atoms with Crippen LogP contribution in [0.2, 0.25) is 184 Å². The average Bonchev–Trinajstić information content (AvgIpc) is 0.799. The van der Waals surface area contributed by atoms with Crippen LogP contribution in [0, 0.1) is 94.0 Å². The Morgan fingerprint density at radius 2 is 0.269 bits per heavy atom. The zero-order chi connectivity index (χ0) is 82.2. The van der Waals surface area contributed by atoms with Gasteiger partial charge in [0.15, 0.2) is 66.5 Å². The summed E-state index contributed by atoms with van der Waals surface area (Å²) in [7, 11) is -22.0. The van der Waals surface area contributed by atoms with Gasteiger partial charge in [0.05, 0.1) is 52.9 Å². The molecule has 0 fully saturated rings. The fraction of sp³-hybridized carbons (Fsp3) is 0.721. The van der Waals surface area contributed by atoms with E-state index in [1.165, 1.54) is 0 Å². The Morgan fingerprint density at radius 1 is 0.173 bits per heavy atom. The van der Waals surface area contributed by atoms with Crippen LogP contribution >= 0.6 is 0 Å². The van der Waals surface area contributed by atoms with Crippen molar-refractivity contribution in [3.63, 3.8) is 0 Å². The lowest BCUT2D eigenvalue weighted by Gasteiger charge is -2.37. The highest BCUT2D eigenvalue weighted by Gasteiger charge is 2.44. The van der Waals surface area contributed by atoms with E-state index < -0.39 is 82.7 Å². The molecule has 0 spiro atoms. The molecule has 0 aromatic heterocycles. The first-order valence-electron chi connectivity index (χ1n) is 38.0. The number of rotatable bonds is 24. The first kappa shape index (κ1) is 101. The number of hydrogen-bond donors (Lipinski definition) is 0. The molecule has 0 aliphatic rings. The molecule has 0 aromatic rings. The molecule has 0 amide bonds. The highest BCUT2D eigenvalue weighted by Crippen LogP contribution is 2.43. The van der Waals surface area contributed by atoms with E-state index in [2.05, 4.69) is 404 Å². The van der Waals surface area contributed by atoms with Gasteiger partial charge in [0.1, 0.15) is 16.1 Å². The van der Waals surface area contributed by atoms with Crippen LogP contribution in [-0.2, 0) is 35.4 Å². The molecule has 0 radical (unpaired) electrons. The molecule has 8 nitrogen and oxygen atoms in total. The van der Waals surface area contributed by atoms with Crippen LogP contribution in [0.15, 0.2) is 44.6 Å². The molecule has 0 saturated carbocycles. The molecule has 104 heavy (non-hydrogen) atoms. The minimum atomic E-state index is -2.36.